The van der Waals surface area contributed by atoms with Crippen LogP contribution in [-0.4, -0.2) is 21.9 Å². The molecule has 0 aliphatic rings. The van der Waals surface area contributed by atoms with Gasteiger partial charge in [-0.15, -0.1) is 0 Å². The number of aryl methyl sites for hydroxylation is 1. The van der Waals surface area contributed by atoms with Gasteiger partial charge in [0.25, 0.3) is 11.8 Å². The van der Waals surface area contributed by atoms with Crippen LogP contribution in [0.1, 0.15) is 32.0 Å². The summed E-state index contributed by atoms with van der Waals surface area (Å²) in [5.74, 6) is -1.48. The Hall–Kier alpha value is -3.88. The first-order chi connectivity index (χ1) is 14.1. The van der Waals surface area contributed by atoms with Gasteiger partial charge in [-0.3, -0.25) is 9.59 Å². The molecule has 0 spiro atoms. The smallest absolute Gasteiger partial charge is 0.416 e. The average Bonchev–Trinajstić information content (AvgIpc) is 2.69. The van der Waals surface area contributed by atoms with Crippen molar-refractivity contribution in [2.45, 2.75) is 13.1 Å². The van der Waals surface area contributed by atoms with E-state index in [1.807, 2.05) is 0 Å². The van der Waals surface area contributed by atoms with Crippen molar-refractivity contribution in [2.24, 2.45) is 0 Å². The lowest BCUT2D eigenvalue weighted by atomic mass is 10.1. The number of halogens is 3. The quantitative estimate of drug-likeness (QED) is 0.580. The molecule has 0 radical (unpaired) electrons. The van der Waals surface area contributed by atoms with Gasteiger partial charge in [-0.05, 0) is 61.0 Å². The molecule has 6 nitrogen and oxygen atoms in total. The van der Waals surface area contributed by atoms with Crippen LogP contribution in [0.2, 0.25) is 0 Å². The number of nitrogens with one attached hydrogen (secondary N) is 2. The number of pyridine rings is 1. The summed E-state index contributed by atoms with van der Waals surface area (Å²) in [5.41, 5.74) is 0.192. The second-order valence-corrected chi connectivity index (χ2v) is 6.39. The first-order valence-electron chi connectivity index (χ1n) is 8.70. The number of hydrogen-bond acceptors (Lipinski definition) is 4. The third-order valence-electron chi connectivity index (χ3n) is 4.19. The number of alkyl halides is 3. The van der Waals surface area contributed by atoms with Gasteiger partial charge in [0, 0.05) is 23.1 Å². The highest BCUT2D eigenvalue weighted by atomic mass is 19.4. The van der Waals surface area contributed by atoms with E-state index in [1.165, 1.54) is 12.3 Å². The molecule has 0 fully saturated rings. The first-order valence-corrected chi connectivity index (χ1v) is 8.70. The van der Waals surface area contributed by atoms with Crippen molar-refractivity contribution in [1.29, 1.82) is 0 Å². The van der Waals surface area contributed by atoms with Gasteiger partial charge in [0.15, 0.2) is 5.69 Å². The van der Waals surface area contributed by atoms with Crippen LogP contribution < -0.4 is 10.6 Å². The van der Waals surface area contributed by atoms with Crippen LogP contribution >= 0.6 is 0 Å². The highest BCUT2D eigenvalue weighted by molar-refractivity contribution is 6.06. The highest BCUT2D eigenvalue weighted by Crippen LogP contribution is 2.29. The van der Waals surface area contributed by atoms with Crippen molar-refractivity contribution < 1.29 is 27.9 Å². The molecule has 3 rings (SSSR count). The molecule has 0 aliphatic carbocycles. The maximum Gasteiger partial charge on any atom is 0.416 e. The van der Waals surface area contributed by atoms with Crippen LogP contribution in [-0.2, 0) is 6.18 Å². The van der Waals surface area contributed by atoms with Gasteiger partial charge in [0.2, 0.25) is 0 Å². The van der Waals surface area contributed by atoms with Crippen molar-refractivity contribution in [3.05, 3.63) is 83.2 Å². The van der Waals surface area contributed by atoms with Crippen molar-refractivity contribution in [3.63, 3.8) is 0 Å². The third-order valence-corrected chi connectivity index (χ3v) is 4.19. The fourth-order valence-corrected chi connectivity index (χ4v) is 2.60. The average molecular weight is 415 g/mol. The van der Waals surface area contributed by atoms with E-state index in [1.54, 1.807) is 31.2 Å². The van der Waals surface area contributed by atoms with E-state index < -0.39 is 23.6 Å². The lowest BCUT2D eigenvalue weighted by molar-refractivity contribution is -0.137. The minimum absolute atomic E-state index is 0.0475. The van der Waals surface area contributed by atoms with E-state index in [0.29, 0.717) is 16.9 Å². The lowest BCUT2D eigenvalue weighted by Gasteiger charge is -2.11. The van der Waals surface area contributed by atoms with Crippen molar-refractivity contribution in [2.75, 3.05) is 10.6 Å². The number of aromatic hydroxyl groups is 1. The molecule has 0 saturated heterocycles. The SMILES string of the molecule is Cc1ccnc(C(=O)Nc2cccc(NC(=O)c3ccc(C(F)(F)F)cc3)c2)c1O. The summed E-state index contributed by atoms with van der Waals surface area (Å²) in [4.78, 5) is 28.5. The molecule has 30 heavy (non-hydrogen) atoms. The summed E-state index contributed by atoms with van der Waals surface area (Å²) in [6, 6.07) is 11.5. The van der Waals surface area contributed by atoms with E-state index >= 15 is 0 Å². The van der Waals surface area contributed by atoms with Crippen molar-refractivity contribution in [1.82, 2.24) is 4.98 Å². The molecule has 2 amide bonds. The number of carbonyl (C=O) groups excluding carboxylic acids is 2. The van der Waals surface area contributed by atoms with Crippen LogP contribution in [0.4, 0.5) is 24.5 Å². The summed E-state index contributed by atoms with van der Waals surface area (Å²) in [6.45, 7) is 1.63. The number of hydrogen-bond donors (Lipinski definition) is 3. The van der Waals surface area contributed by atoms with Gasteiger partial charge in [-0.1, -0.05) is 6.07 Å². The molecule has 9 heteroatoms. The molecule has 1 aromatic heterocycles. The van der Waals surface area contributed by atoms with Crippen LogP contribution in [0.15, 0.2) is 60.8 Å². The molecule has 0 aliphatic heterocycles. The van der Waals surface area contributed by atoms with Gasteiger partial charge in [-0.2, -0.15) is 13.2 Å². The van der Waals surface area contributed by atoms with Crippen molar-refractivity contribution >= 4 is 23.2 Å². The number of rotatable bonds is 4. The monoisotopic (exact) mass is 415 g/mol. The first kappa shape index (κ1) is 20.8. The number of nitrogens with zero attached hydrogens (tertiary/aromatic N) is 1. The Morgan fingerprint density at radius 3 is 2.13 bits per heavy atom. The highest BCUT2D eigenvalue weighted by Gasteiger charge is 2.30. The van der Waals surface area contributed by atoms with E-state index in [4.69, 9.17) is 0 Å². The fourth-order valence-electron chi connectivity index (χ4n) is 2.60. The molecule has 3 aromatic rings. The Morgan fingerprint density at radius 1 is 0.933 bits per heavy atom. The van der Waals surface area contributed by atoms with Crippen LogP contribution in [0.25, 0.3) is 0 Å². The predicted molar refractivity (Wildman–Crippen MR) is 104 cm³/mol. The standard InChI is InChI=1S/C21H16F3N3O3/c1-12-9-10-25-17(18(12)28)20(30)27-16-4-2-3-15(11-16)26-19(29)13-5-7-14(8-6-13)21(22,23)24/h2-11,28H,1H3,(H,26,29)(H,27,30). The number of amides is 2. The van der Waals surface area contributed by atoms with Gasteiger partial charge in [0.1, 0.15) is 5.75 Å². The lowest BCUT2D eigenvalue weighted by Crippen LogP contribution is -2.15. The molecular weight excluding hydrogens is 399 g/mol. The Balaban J connectivity index is 1.71. The molecule has 0 bridgehead atoms. The molecule has 0 unspecified atom stereocenters. The largest absolute Gasteiger partial charge is 0.505 e. The Kier molecular flexibility index (Phi) is 5.72. The minimum Gasteiger partial charge on any atom is -0.505 e. The van der Waals surface area contributed by atoms with Crippen LogP contribution in [0.3, 0.4) is 0 Å². The zero-order valence-corrected chi connectivity index (χ0v) is 15.6. The Bertz CT molecular complexity index is 1100. The van der Waals surface area contributed by atoms with Crippen LogP contribution in [0, 0.1) is 6.92 Å². The topological polar surface area (TPSA) is 91.3 Å². The molecule has 3 N–H and O–H groups in total. The zero-order chi connectivity index (χ0) is 21.9. The summed E-state index contributed by atoms with van der Waals surface area (Å²) in [6.07, 6.45) is -3.09. The number of benzene rings is 2. The Labute approximate surface area is 169 Å². The van der Waals surface area contributed by atoms with E-state index in [-0.39, 0.29) is 17.0 Å². The maximum atomic E-state index is 12.6. The fraction of sp³-hybridized carbons (Fsp3) is 0.0952. The molecule has 1 heterocycles. The van der Waals surface area contributed by atoms with E-state index in [0.717, 1.165) is 24.3 Å². The zero-order valence-electron chi connectivity index (χ0n) is 15.6. The van der Waals surface area contributed by atoms with Crippen LogP contribution in [0.5, 0.6) is 5.75 Å². The molecule has 0 atom stereocenters. The van der Waals surface area contributed by atoms with E-state index in [2.05, 4.69) is 15.6 Å². The summed E-state index contributed by atoms with van der Waals surface area (Å²) in [5, 5.41) is 15.1. The number of carbonyl (C=O) groups is 2. The summed E-state index contributed by atoms with van der Waals surface area (Å²) < 4.78 is 37.9. The van der Waals surface area contributed by atoms with Gasteiger partial charge >= 0.3 is 6.18 Å². The van der Waals surface area contributed by atoms with Gasteiger partial charge < -0.3 is 15.7 Å². The van der Waals surface area contributed by atoms with E-state index in [9.17, 15) is 27.9 Å². The van der Waals surface area contributed by atoms with Crippen molar-refractivity contribution in [3.8, 4) is 5.75 Å². The predicted octanol–water partition coefficient (Wildman–Crippen LogP) is 4.62. The second-order valence-electron chi connectivity index (χ2n) is 6.39. The molecule has 0 saturated carbocycles. The summed E-state index contributed by atoms with van der Waals surface area (Å²) >= 11 is 0. The number of aromatic nitrogens is 1. The van der Waals surface area contributed by atoms with Gasteiger partial charge in [-0.25, -0.2) is 4.98 Å². The Morgan fingerprint density at radius 2 is 1.53 bits per heavy atom. The molecule has 2 aromatic carbocycles. The van der Waals surface area contributed by atoms with Gasteiger partial charge in [0.05, 0.1) is 5.56 Å². The summed E-state index contributed by atoms with van der Waals surface area (Å²) in [7, 11) is 0. The number of anilines is 2. The third kappa shape index (κ3) is 4.75. The minimum atomic E-state index is -4.48. The normalized spacial score (nSPS) is 11.1. The molecular formula is C21H16F3N3O3. The molecule has 154 valence electrons. The maximum absolute atomic E-state index is 12.6. The second kappa shape index (κ2) is 8.24.